The summed E-state index contributed by atoms with van der Waals surface area (Å²) in [6.07, 6.45) is 3.86. The quantitative estimate of drug-likeness (QED) is 0.494. The van der Waals surface area contributed by atoms with E-state index in [0.29, 0.717) is 0 Å². The van der Waals surface area contributed by atoms with E-state index in [1.165, 1.54) is 32.9 Å². The van der Waals surface area contributed by atoms with Crippen molar-refractivity contribution >= 4 is 23.3 Å². The van der Waals surface area contributed by atoms with Gasteiger partial charge in [-0.1, -0.05) is 12.1 Å². The van der Waals surface area contributed by atoms with Gasteiger partial charge in [0.25, 0.3) is 5.79 Å². The summed E-state index contributed by atoms with van der Waals surface area (Å²) in [5.74, 6) is -1.87. The van der Waals surface area contributed by atoms with Crippen molar-refractivity contribution in [2.45, 2.75) is 32.5 Å². The van der Waals surface area contributed by atoms with Crippen LogP contribution in [0.2, 0.25) is 0 Å². The molecule has 6 nitrogen and oxygen atoms in total. The number of carbonyl (C=O) groups excluding carboxylic acids is 2. The third kappa shape index (κ3) is 3.83. The van der Waals surface area contributed by atoms with Crippen molar-refractivity contribution in [1.29, 1.82) is 0 Å². The van der Waals surface area contributed by atoms with Crippen molar-refractivity contribution in [2.75, 3.05) is 17.2 Å². The Morgan fingerprint density at radius 1 is 1.13 bits per heavy atom. The first-order valence-electron chi connectivity index (χ1n) is 7.71. The van der Waals surface area contributed by atoms with Crippen LogP contribution >= 0.6 is 0 Å². The monoisotopic (exact) mass is 316 g/mol. The highest BCUT2D eigenvalue weighted by molar-refractivity contribution is 6.15. The number of rotatable bonds is 5. The summed E-state index contributed by atoms with van der Waals surface area (Å²) >= 11 is 0. The van der Waals surface area contributed by atoms with Crippen LogP contribution in [-0.4, -0.2) is 24.3 Å². The van der Waals surface area contributed by atoms with Crippen LogP contribution in [0, 0.1) is 5.92 Å². The maximum absolute atomic E-state index is 11.9. The molecule has 0 atom stereocenters. The zero-order chi connectivity index (χ0) is 16.4. The number of cyclic esters (lactones) is 2. The maximum Gasteiger partial charge on any atom is 0.350 e. The topological polar surface area (TPSA) is 76.7 Å². The van der Waals surface area contributed by atoms with Gasteiger partial charge in [-0.2, -0.15) is 0 Å². The second kappa shape index (κ2) is 5.95. The molecule has 0 aromatic heterocycles. The highest BCUT2D eigenvalue weighted by Crippen LogP contribution is 2.30. The molecule has 23 heavy (non-hydrogen) atoms. The maximum atomic E-state index is 11.9. The lowest BCUT2D eigenvalue weighted by atomic mass is 10.2. The molecule has 1 aromatic carbocycles. The van der Waals surface area contributed by atoms with Gasteiger partial charge in [0.1, 0.15) is 0 Å². The molecule has 3 rings (SSSR count). The first-order chi connectivity index (χ1) is 10.9. The standard InChI is InChI=1S/C17H20N2O4/c1-17(2)22-15(20)12(16(21)23-17)10-19-14-6-4-3-5-13(14)18-9-11-7-8-11/h3-6,10-11,18-19H,7-9H2,1-2H3. The molecule has 1 aliphatic heterocycles. The molecule has 0 unspecified atom stereocenters. The summed E-state index contributed by atoms with van der Waals surface area (Å²) in [5.41, 5.74) is 1.56. The van der Waals surface area contributed by atoms with Crippen LogP contribution in [0.1, 0.15) is 26.7 Å². The van der Waals surface area contributed by atoms with Crippen LogP contribution in [0.15, 0.2) is 36.0 Å². The summed E-state index contributed by atoms with van der Waals surface area (Å²) in [6, 6.07) is 7.63. The number of nitrogens with one attached hydrogen (secondary N) is 2. The van der Waals surface area contributed by atoms with Gasteiger partial charge in [-0.15, -0.1) is 0 Å². The average Bonchev–Trinajstić information content (AvgIpc) is 3.28. The number of carbonyl (C=O) groups is 2. The van der Waals surface area contributed by atoms with E-state index in [1.54, 1.807) is 0 Å². The highest BCUT2D eigenvalue weighted by atomic mass is 16.7. The van der Waals surface area contributed by atoms with Crippen LogP contribution in [0.4, 0.5) is 11.4 Å². The number of hydrogen-bond acceptors (Lipinski definition) is 6. The fourth-order valence-electron chi connectivity index (χ4n) is 2.27. The van der Waals surface area contributed by atoms with Crippen LogP contribution in [-0.2, 0) is 19.1 Å². The predicted molar refractivity (Wildman–Crippen MR) is 85.6 cm³/mol. The Balaban J connectivity index is 1.71. The zero-order valence-corrected chi connectivity index (χ0v) is 13.2. The van der Waals surface area contributed by atoms with Crippen LogP contribution in [0.5, 0.6) is 0 Å². The molecule has 0 radical (unpaired) electrons. The number of benzene rings is 1. The molecular weight excluding hydrogens is 296 g/mol. The molecule has 2 aliphatic rings. The van der Waals surface area contributed by atoms with Crippen molar-refractivity contribution in [1.82, 2.24) is 0 Å². The first-order valence-corrected chi connectivity index (χ1v) is 7.71. The molecule has 1 aromatic rings. The summed E-state index contributed by atoms with van der Waals surface area (Å²) in [4.78, 5) is 23.8. The van der Waals surface area contributed by atoms with Gasteiger partial charge >= 0.3 is 11.9 Å². The van der Waals surface area contributed by atoms with Gasteiger partial charge in [0, 0.05) is 26.6 Å². The molecule has 1 aliphatic carbocycles. The number of para-hydroxylation sites is 2. The third-order valence-electron chi connectivity index (χ3n) is 3.69. The Morgan fingerprint density at radius 3 is 2.35 bits per heavy atom. The van der Waals surface area contributed by atoms with Gasteiger partial charge in [0.15, 0.2) is 5.57 Å². The van der Waals surface area contributed by atoms with Gasteiger partial charge in [-0.25, -0.2) is 9.59 Å². The van der Waals surface area contributed by atoms with Crippen LogP contribution in [0.25, 0.3) is 0 Å². The van der Waals surface area contributed by atoms with Crippen molar-refractivity contribution in [3.05, 3.63) is 36.0 Å². The molecule has 1 saturated carbocycles. The van der Waals surface area contributed by atoms with Crippen molar-refractivity contribution in [3.63, 3.8) is 0 Å². The van der Waals surface area contributed by atoms with Crippen LogP contribution in [0.3, 0.4) is 0 Å². The minimum Gasteiger partial charge on any atom is -0.419 e. The number of anilines is 2. The van der Waals surface area contributed by atoms with E-state index in [9.17, 15) is 9.59 Å². The van der Waals surface area contributed by atoms with Crippen molar-refractivity contribution in [2.24, 2.45) is 5.92 Å². The van der Waals surface area contributed by atoms with Crippen LogP contribution < -0.4 is 10.6 Å². The Hall–Kier alpha value is -2.50. The number of esters is 2. The number of ether oxygens (including phenoxy) is 2. The highest BCUT2D eigenvalue weighted by Gasteiger charge is 2.38. The first kappa shape index (κ1) is 15.4. The third-order valence-corrected chi connectivity index (χ3v) is 3.69. The van der Waals surface area contributed by atoms with Gasteiger partial charge in [-0.05, 0) is 30.9 Å². The van der Waals surface area contributed by atoms with E-state index in [4.69, 9.17) is 9.47 Å². The SMILES string of the molecule is CC1(C)OC(=O)C(=CNc2ccccc2NCC2CC2)C(=O)O1. The minimum atomic E-state index is -1.23. The Kier molecular flexibility index (Phi) is 3.98. The lowest BCUT2D eigenvalue weighted by Crippen LogP contribution is -2.42. The summed E-state index contributed by atoms with van der Waals surface area (Å²) < 4.78 is 10.1. The van der Waals surface area contributed by atoms with Gasteiger partial charge in [-0.3, -0.25) is 0 Å². The van der Waals surface area contributed by atoms with Crippen molar-refractivity contribution in [3.8, 4) is 0 Å². The lowest BCUT2D eigenvalue weighted by Gasteiger charge is -2.29. The summed E-state index contributed by atoms with van der Waals surface area (Å²) in [7, 11) is 0. The Bertz CT molecular complexity index is 640. The van der Waals surface area contributed by atoms with Gasteiger partial charge in [0.2, 0.25) is 0 Å². The van der Waals surface area contributed by atoms with E-state index in [0.717, 1.165) is 23.8 Å². The minimum absolute atomic E-state index is 0.152. The Labute approximate surface area is 134 Å². The van der Waals surface area contributed by atoms with E-state index >= 15 is 0 Å². The molecule has 0 amide bonds. The fraction of sp³-hybridized carbons (Fsp3) is 0.412. The van der Waals surface area contributed by atoms with E-state index in [-0.39, 0.29) is 5.57 Å². The molecule has 6 heteroatoms. The smallest absolute Gasteiger partial charge is 0.350 e. The summed E-state index contributed by atoms with van der Waals surface area (Å²) in [6.45, 7) is 3.96. The largest absolute Gasteiger partial charge is 0.419 e. The second-order valence-corrected chi connectivity index (χ2v) is 6.25. The van der Waals surface area contributed by atoms with Crippen molar-refractivity contribution < 1.29 is 19.1 Å². The second-order valence-electron chi connectivity index (χ2n) is 6.25. The molecule has 1 heterocycles. The molecule has 0 spiro atoms. The van der Waals surface area contributed by atoms with Gasteiger partial charge < -0.3 is 20.1 Å². The summed E-state index contributed by atoms with van der Waals surface area (Å²) in [5, 5.41) is 6.36. The zero-order valence-electron chi connectivity index (χ0n) is 13.2. The van der Waals surface area contributed by atoms with E-state index < -0.39 is 17.7 Å². The lowest BCUT2D eigenvalue weighted by molar-refractivity contribution is -0.222. The normalized spacial score (nSPS) is 19.7. The van der Waals surface area contributed by atoms with E-state index in [2.05, 4.69) is 10.6 Å². The average molecular weight is 316 g/mol. The Morgan fingerprint density at radius 2 is 1.74 bits per heavy atom. The van der Waals surface area contributed by atoms with Gasteiger partial charge in [0.05, 0.1) is 11.4 Å². The fourth-order valence-corrected chi connectivity index (χ4v) is 2.27. The molecule has 0 bridgehead atoms. The molecule has 2 fully saturated rings. The van der Waals surface area contributed by atoms with E-state index in [1.807, 2.05) is 24.3 Å². The number of hydrogen-bond donors (Lipinski definition) is 2. The molecule has 2 N–H and O–H groups in total. The predicted octanol–water partition coefficient (Wildman–Crippen LogP) is 2.64. The molecule has 122 valence electrons. The molecule has 1 saturated heterocycles. The molecular formula is C17H20N2O4.